The Hall–Kier alpha value is -9.11. The largest absolute Gasteiger partial charge is 0.306 e. The van der Waals surface area contributed by atoms with Crippen molar-refractivity contribution < 1.29 is 0 Å². The smallest absolute Gasteiger partial charge is 0.166 e. The molecule has 422 valence electrons. The van der Waals surface area contributed by atoms with Crippen LogP contribution in [0.2, 0.25) is 0 Å². The third kappa shape index (κ3) is 11.5. The summed E-state index contributed by atoms with van der Waals surface area (Å²) in [5, 5.41) is 0. The van der Waals surface area contributed by atoms with E-state index in [0.29, 0.717) is 40.5 Å². The molecule has 8 aromatic carbocycles. The number of anilines is 6. The number of rotatable bonds is 9. The van der Waals surface area contributed by atoms with Crippen LogP contribution in [0, 0.1) is 0 Å². The van der Waals surface area contributed by atoms with Crippen molar-refractivity contribution >= 4 is 49.1 Å². The van der Waals surface area contributed by atoms with Gasteiger partial charge in [0.1, 0.15) is 11.4 Å². The summed E-state index contributed by atoms with van der Waals surface area (Å²) in [4.78, 5) is 47.0. The Kier molecular flexibility index (Phi) is 14.5. The SMILES string of the molecule is CC(C)(C)c1cc(-c2nc(-c3cc(C(C)(C)C)cc(C(C)(C)C)c3)nc(-c3ccc(N4c5ccccc5N(c5cc(-c6ccccc6)nc(-c6ccccc6)n5)c5ccccc54)c(-c4nc(P)nc(-c5ccccc5)n4)c3)n2)cc(C(C)(C)C)c1. The minimum atomic E-state index is -0.143. The second-order valence-electron chi connectivity index (χ2n) is 26.2. The van der Waals surface area contributed by atoms with Gasteiger partial charge in [-0.1, -0.05) is 220 Å². The summed E-state index contributed by atoms with van der Waals surface area (Å²) in [5.74, 6) is 4.10. The highest BCUT2D eigenvalue weighted by atomic mass is 31.0. The third-order valence-corrected chi connectivity index (χ3v) is 15.9. The molecule has 0 amide bonds. The number of benzene rings is 8. The van der Waals surface area contributed by atoms with Gasteiger partial charge in [-0.05, 0) is 111 Å². The van der Waals surface area contributed by atoms with E-state index in [0.717, 1.165) is 78.9 Å². The van der Waals surface area contributed by atoms with E-state index in [9.17, 15) is 0 Å². The zero-order valence-electron chi connectivity index (χ0n) is 50.6. The van der Waals surface area contributed by atoms with Gasteiger partial charge in [0, 0.05) is 45.0 Å². The summed E-state index contributed by atoms with van der Waals surface area (Å²) >= 11 is 0. The minimum absolute atomic E-state index is 0.143. The first kappa shape index (κ1) is 56.4. The molecule has 1 aliphatic rings. The van der Waals surface area contributed by atoms with Crippen molar-refractivity contribution in [1.82, 2.24) is 39.9 Å². The van der Waals surface area contributed by atoms with Crippen molar-refractivity contribution in [1.29, 1.82) is 0 Å². The van der Waals surface area contributed by atoms with Gasteiger partial charge in [-0.3, -0.25) is 4.90 Å². The highest BCUT2D eigenvalue weighted by molar-refractivity contribution is 7.26. The van der Waals surface area contributed by atoms with Crippen LogP contribution in [0.25, 0.3) is 79.6 Å². The molecule has 12 rings (SSSR count). The molecule has 0 N–H and O–H groups in total. The molecule has 3 aromatic heterocycles. The van der Waals surface area contributed by atoms with E-state index in [4.69, 9.17) is 39.9 Å². The van der Waals surface area contributed by atoms with E-state index >= 15 is 0 Å². The molecule has 4 heterocycles. The fourth-order valence-corrected chi connectivity index (χ4v) is 11.0. The van der Waals surface area contributed by atoms with Crippen LogP contribution in [0.4, 0.5) is 34.3 Å². The van der Waals surface area contributed by atoms with Gasteiger partial charge in [0.15, 0.2) is 34.9 Å². The van der Waals surface area contributed by atoms with E-state index in [1.807, 2.05) is 66.7 Å². The summed E-state index contributed by atoms with van der Waals surface area (Å²) in [6.45, 7) is 27.2. The Labute approximate surface area is 502 Å². The third-order valence-electron chi connectivity index (χ3n) is 15.7. The Morgan fingerprint density at radius 3 is 1.06 bits per heavy atom. The predicted molar refractivity (Wildman–Crippen MR) is 354 cm³/mol. The van der Waals surface area contributed by atoms with Crippen molar-refractivity contribution in [2.45, 2.75) is 105 Å². The summed E-state index contributed by atoms with van der Waals surface area (Å²) < 4.78 is 0. The van der Waals surface area contributed by atoms with Gasteiger partial charge in [0.25, 0.3) is 0 Å². The molecule has 10 nitrogen and oxygen atoms in total. The van der Waals surface area contributed by atoms with Crippen molar-refractivity contribution in [2.24, 2.45) is 0 Å². The van der Waals surface area contributed by atoms with Crippen LogP contribution in [0.5, 0.6) is 0 Å². The lowest BCUT2D eigenvalue weighted by Gasteiger charge is -2.40. The Morgan fingerprint density at radius 1 is 0.271 bits per heavy atom. The first-order valence-corrected chi connectivity index (χ1v) is 29.7. The molecule has 0 saturated carbocycles. The molecular weight excluding hydrogens is 1060 g/mol. The number of para-hydroxylation sites is 4. The summed E-state index contributed by atoms with van der Waals surface area (Å²) in [6, 6.07) is 69.7. The quantitative estimate of drug-likeness (QED) is 0.130. The maximum atomic E-state index is 5.51. The molecular formula is C74H71N10P. The molecule has 0 bridgehead atoms. The highest BCUT2D eigenvalue weighted by Gasteiger charge is 2.34. The zero-order valence-corrected chi connectivity index (χ0v) is 51.8. The van der Waals surface area contributed by atoms with Gasteiger partial charge in [0.2, 0.25) is 0 Å². The van der Waals surface area contributed by atoms with E-state index in [2.05, 4.69) is 236 Å². The lowest BCUT2D eigenvalue weighted by atomic mass is 9.79. The van der Waals surface area contributed by atoms with Gasteiger partial charge < -0.3 is 4.90 Å². The highest BCUT2D eigenvalue weighted by Crippen LogP contribution is 2.56. The van der Waals surface area contributed by atoms with Gasteiger partial charge >= 0.3 is 0 Å². The topological polar surface area (TPSA) is 110 Å². The van der Waals surface area contributed by atoms with Gasteiger partial charge in [0.05, 0.1) is 34.1 Å². The average molecular weight is 1130 g/mol. The summed E-state index contributed by atoms with van der Waals surface area (Å²) in [7, 11) is 2.74. The molecule has 0 saturated heterocycles. The maximum Gasteiger partial charge on any atom is 0.166 e. The molecule has 11 heteroatoms. The summed E-state index contributed by atoms with van der Waals surface area (Å²) in [6.07, 6.45) is 0. The monoisotopic (exact) mass is 1130 g/mol. The van der Waals surface area contributed by atoms with Gasteiger partial charge in [-0.15, -0.1) is 0 Å². The minimum Gasteiger partial charge on any atom is -0.306 e. The van der Waals surface area contributed by atoms with E-state index < -0.39 is 0 Å². The number of hydrogen-bond donors (Lipinski definition) is 0. The fraction of sp³-hybridized carbons (Fsp3) is 0.216. The number of nitrogens with zero attached hydrogens (tertiary/aromatic N) is 10. The van der Waals surface area contributed by atoms with Crippen LogP contribution in [-0.2, 0) is 21.7 Å². The normalized spacial score (nSPS) is 12.7. The molecule has 0 radical (unpaired) electrons. The first-order chi connectivity index (χ1) is 40.5. The Balaban J connectivity index is 1.11. The molecule has 1 atom stereocenters. The molecule has 0 fully saturated rings. The molecule has 1 unspecified atom stereocenters. The average Bonchev–Trinajstić information content (AvgIpc) is 0.963. The van der Waals surface area contributed by atoms with Crippen molar-refractivity contribution in [3.05, 3.63) is 222 Å². The van der Waals surface area contributed by atoms with E-state index in [-0.39, 0.29) is 21.7 Å². The van der Waals surface area contributed by atoms with Crippen LogP contribution in [0.15, 0.2) is 200 Å². The number of fused-ring (bicyclic) bond motifs is 2. The fourth-order valence-electron chi connectivity index (χ4n) is 10.8. The van der Waals surface area contributed by atoms with Crippen LogP contribution < -0.4 is 15.4 Å². The second kappa shape index (κ2) is 21.8. The van der Waals surface area contributed by atoms with Crippen LogP contribution >= 0.6 is 9.24 Å². The summed E-state index contributed by atoms with van der Waals surface area (Å²) in [5.41, 5.74) is 16.3. The molecule has 85 heavy (non-hydrogen) atoms. The molecule has 0 spiro atoms. The zero-order chi connectivity index (χ0) is 59.6. The first-order valence-electron chi connectivity index (χ1n) is 29.1. The Morgan fingerprint density at radius 2 is 0.624 bits per heavy atom. The van der Waals surface area contributed by atoms with Crippen molar-refractivity contribution in [2.75, 3.05) is 9.80 Å². The van der Waals surface area contributed by atoms with Gasteiger partial charge in [-0.2, -0.15) is 0 Å². The second-order valence-corrected chi connectivity index (χ2v) is 26.7. The molecule has 11 aromatic rings. The number of aromatic nitrogens is 8. The van der Waals surface area contributed by atoms with Gasteiger partial charge in [-0.25, -0.2) is 39.9 Å². The Bertz CT molecular complexity index is 4040. The van der Waals surface area contributed by atoms with E-state index in [1.54, 1.807) is 0 Å². The molecule has 0 aliphatic carbocycles. The van der Waals surface area contributed by atoms with E-state index in [1.165, 1.54) is 22.3 Å². The lowest BCUT2D eigenvalue weighted by molar-refractivity contribution is 0.568. The standard InChI is InChI=1S/C74H71N10P/c1-71(2,3)52-38-50(39-53(43-52)72(4,5)6)67-77-66(78-68(79-67)51-40-54(73(7,8)9)44-55(41-51)74(10,11)12)49-36-37-58(56(42-49)69-80-65(81-70(85)82-69)48-30-20-15-21-31-48)83-59-32-22-24-34-61(59)84(62-35-25-23-33-60(62)83)63-45-57(46-26-16-13-17-27-46)75-64(76-63)47-28-18-14-19-29-47/h13-45H,85H2,1-12H3. The van der Waals surface area contributed by atoms with Crippen LogP contribution in [-0.4, -0.2) is 39.9 Å². The maximum absolute atomic E-state index is 5.51. The lowest BCUT2D eigenvalue weighted by Crippen LogP contribution is -2.25. The molecule has 1 aliphatic heterocycles. The van der Waals surface area contributed by atoms with Crippen molar-refractivity contribution in [3.8, 4) is 79.6 Å². The van der Waals surface area contributed by atoms with Crippen LogP contribution in [0.1, 0.15) is 105 Å². The van der Waals surface area contributed by atoms with Crippen molar-refractivity contribution in [3.63, 3.8) is 0 Å². The number of hydrogen-bond acceptors (Lipinski definition) is 10. The van der Waals surface area contributed by atoms with Crippen LogP contribution in [0.3, 0.4) is 0 Å². The predicted octanol–water partition coefficient (Wildman–Crippen LogP) is 18.5.